The van der Waals surface area contributed by atoms with Crippen molar-refractivity contribution in [3.63, 3.8) is 0 Å². The van der Waals surface area contributed by atoms with E-state index < -0.39 is 6.04 Å². The van der Waals surface area contributed by atoms with Crippen LogP contribution in [-0.4, -0.2) is 71.6 Å². The maximum absolute atomic E-state index is 13.7. The minimum absolute atomic E-state index is 0.0737. The number of carbonyl (C=O) groups is 3. The molecule has 1 aliphatic carbocycles. The lowest BCUT2D eigenvalue weighted by Gasteiger charge is -2.28. The summed E-state index contributed by atoms with van der Waals surface area (Å²) >= 11 is 0. The number of carbonyl (C=O) groups excluding carboxylic acids is 3. The summed E-state index contributed by atoms with van der Waals surface area (Å²) in [5.74, 6) is -0.0934. The molecule has 0 radical (unpaired) electrons. The van der Waals surface area contributed by atoms with Gasteiger partial charge >= 0.3 is 0 Å². The summed E-state index contributed by atoms with van der Waals surface area (Å²) in [7, 11) is 0. The second-order valence-electron chi connectivity index (χ2n) is 12.9. The van der Waals surface area contributed by atoms with Crippen molar-refractivity contribution in [2.75, 3.05) is 38.0 Å². The molecule has 0 saturated heterocycles. The van der Waals surface area contributed by atoms with Gasteiger partial charge in [-0.2, -0.15) is 5.10 Å². The molecular formula is C38H49N7O3. The Morgan fingerprint density at radius 1 is 0.979 bits per heavy atom. The Bertz CT molecular complexity index is 1690. The monoisotopic (exact) mass is 651 g/mol. The summed E-state index contributed by atoms with van der Waals surface area (Å²) < 4.78 is 0. The molecule has 10 heteroatoms. The van der Waals surface area contributed by atoms with Crippen LogP contribution in [0.15, 0.2) is 66.9 Å². The van der Waals surface area contributed by atoms with Gasteiger partial charge < -0.3 is 26.6 Å². The number of aromatic amines is 1. The highest BCUT2D eigenvalue weighted by Gasteiger charge is 2.29. The first-order valence-corrected chi connectivity index (χ1v) is 17.2. The second-order valence-corrected chi connectivity index (χ2v) is 12.9. The maximum atomic E-state index is 13.7. The van der Waals surface area contributed by atoms with Crippen LogP contribution in [0.5, 0.6) is 0 Å². The van der Waals surface area contributed by atoms with Gasteiger partial charge in [-0.1, -0.05) is 44.2 Å². The summed E-state index contributed by atoms with van der Waals surface area (Å²) in [5, 5.41) is 17.0. The van der Waals surface area contributed by atoms with Crippen molar-refractivity contribution in [2.45, 2.75) is 58.9 Å². The van der Waals surface area contributed by atoms with Crippen LogP contribution >= 0.6 is 0 Å². The SMILES string of the molecule is CCN(CC)CCNC(=O)c1ccc(-c2ccc(CC(NC(=O)C3CCC(CN)CC3)C(=O)Nc3ccc4cn[nH]c4c3)cc2)c(C)c1. The zero-order valence-corrected chi connectivity index (χ0v) is 28.4. The van der Waals surface area contributed by atoms with Gasteiger partial charge in [-0.25, -0.2) is 0 Å². The molecule has 6 N–H and O–H groups in total. The fraction of sp³-hybridized carbons (Fsp3) is 0.421. The Labute approximate surface area is 283 Å². The highest BCUT2D eigenvalue weighted by molar-refractivity contribution is 5.99. The van der Waals surface area contributed by atoms with E-state index in [0.29, 0.717) is 36.7 Å². The number of anilines is 1. The van der Waals surface area contributed by atoms with Gasteiger partial charge in [-0.15, -0.1) is 0 Å². The molecule has 0 aliphatic heterocycles. The highest BCUT2D eigenvalue weighted by Crippen LogP contribution is 2.29. The predicted molar refractivity (Wildman–Crippen MR) is 192 cm³/mol. The summed E-state index contributed by atoms with van der Waals surface area (Å²) in [4.78, 5) is 42.1. The molecule has 1 atom stereocenters. The van der Waals surface area contributed by atoms with E-state index in [1.165, 1.54) is 0 Å². The van der Waals surface area contributed by atoms with Crippen molar-refractivity contribution < 1.29 is 14.4 Å². The van der Waals surface area contributed by atoms with Gasteiger partial charge in [-0.05, 0) is 111 Å². The van der Waals surface area contributed by atoms with Crippen molar-refractivity contribution in [2.24, 2.45) is 17.6 Å². The van der Waals surface area contributed by atoms with Crippen LogP contribution in [0.4, 0.5) is 5.69 Å². The van der Waals surface area contributed by atoms with Crippen LogP contribution in [-0.2, 0) is 16.0 Å². The molecule has 1 fully saturated rings. The fourth-order valence-corrected chi connectivity index (χ4v) is 6.56. The third-order valence-corrected chi connectivity index (χ3v) is 9.69. The van der Waals surface area contributed by atoms with E-state index >= 15 is 0 Å². The average Bonchev–Trinajstić information content (AvgIpc) is 3.58. The fourth-order valence-electron chi connectivity index (χ4n) is 6.56. The number of nitrogens with one attached hydrogen (secondary N) is 4. The van der Waals surface area contributed by atoms with E-state index in [0.717, 1.165) is 78.5 Å². The van der Waals surface area contributed by atoms with Crippen LogP contribution < -0.4 is 21.7 Å². The summed E-state index contributed by atoms with van der Waals surface area (Å²) in [6, 6.07) is 18.6. The van der Waals surface area contributed by atoms with Crippen LogP contribution in [0.25, 0.3) is 22.0 Å². The minimum atomic E-state index is -0.755. The molecule has 254 valence electrons. The molecule has 1 aliphatic rings. The van der Waals surface area contributed by atoms with Crippen LogP contribution in [0.2, 0.25) is 0 Å². The third kappa shape index (κ3) is 8.87. The molecule has 3 aromatic carbocycles. The van der Waals surface area contributed by atoms with Crippen molar-refractivity contribution >= 4 is 34.3 Å². The van der Waals surface area contributed by atoms with Crippen molar-refractivity contribution in [3.8, 4) is 11.1 Å². The van der Waals surface area contributed by atoms with Crippen molar-refractivity contribution in [1.82, 2.24) is 25.7 Å². The van der Waals surface area contributed by atoms with Gasteiger partial charge in [0.1, 0.15) is 6.04 Å². The number of hydrogen-bond donors (Lipinski definition) is 5. The first-order valence-electron chi connectivity index (χ1n) is 17.2. The zero-order chi connectivity index (χ0) is 34.0. The van der Waals surface area contributed by atoms with E-state index in [4.69, 9.17) is 5.73 Å². The number of rotatable bonds is 14. The number of fused-ring (bicyclic) bond motifs is 1. The van der Waals surface area contributed by atoms with Gasteiger partial charge in [0.05, 0.1) is 11.7 Å². The molecule has 0 bridgehead atoms. The van der Waals surface area contributed by atoms with E-state index in [1.54, 1.807) is 6.20 Å². The van der Waals surface area contributed by atoms with E-state index in [-0.39, 0.29) is 23.6 Å². The lowest BCUT2D eigenvalue weighted by molar-refractivity contribution is -0.130. The number of nitrogens with two attached hydrogens (primary N) is 1. The number of amides is 3. The standard InChI is InChI=1S/C38H49N7O3/c1-4-45(5-2)19-18-40-36(46)30-15-17-33(25(3)20-30)28-10-6-26(7-11-28)21-35(43-37(47)29-12-8-27(23-39)9-13-29)38(48)42-32-16-14-31-24-41-44-34(31)22-32/h6-7,10-11,14-17,20,22,24,27,29,35H,4-5,8-9,12-13,18-19,21,23,39H2,1-3H3,(H,40,46)(H,41,44)(H,42,48)(H,43,47). The van der Waals surface area contributed by atoms with Gasteiger partial charge in [-0.3, -0.25) is 19.5 Å². The van der Waals surface area contributed by atoms with Gasteiger partial charge in [0, 0.05) is 42.1 Å². The van der Waals surface area contributed by atoms with E-state index in [9.17, 15) is 14.4 Å². The molecule has 0 spiro atoms. The Morgan fingerprint density at radius 3 is 2.42 bits per heavy atom. The summed E-state index contributed by atoms with van der Waals surface area (Å²) in [6.45, 7) is 10.2. The molecule has 4 aromatic rings. The van der Waals surface area contributed by atoms with E-state index in [2.05, 4.69) is 44.9 Å². The van der Waals surface area contributed by atoms with Crippen LogP contribution in [0, 0.1) is 18.8 Å². The normalized spacial score (nSPS) is 16.9. The Hall–Kier alpha value is -4.54. The van der Waals surface area contributed by atoms with Crippen molar-refractivity contribution in [1.29, 1.82) is 0 Å². The van der Waals surface area contributed by atoms with Gasteiger partial charge in [0.2, 0.25) is 11.8 Å². The Morgan fingerprint density at radius 2 is 1.73 bits per heavy atom. The molecule has 1 aromatic heterocycles. The third-order valence-electron chi connectivity index (χ3n) is 9.69. The summed E-state index contributed by atoms with van der Waals surface area (Å²) in [6.07, 6.45) is 5.49. The molecule has 48 heavy (non-hydrogen) atoms. The van der Waals surface area contributed by atoms with E-state index in [1.807, 2.05) is 67.6 Å². The molecule has 3 amide bonds. The number of benzene rings is 3. The molecule has 10 nitrogen and oxygen atoms in total. The number of H-pyrrole nitrogens is 1. The number of nitrogens with zero attached hydrogens (tertiary/aromatic N) is 2. The molecule has 1 unspecified atom stereocenters. The lowest BCUT2D eigenvalue weighted by Crippen LogP contribution is -2.48. The molecule has 1 heterocycles. The molecule has 5 rings (SSSR count). The number of likely N-dealkylation sites (N-methyl/N-ethyl adjacent to an activating group) is 1. The number of aryl methyl sites for hydroxylation is 1. The van der Waals surface area contributed by atoms with Crippen LogP contribution in [0.1, 0.15) is 61.0 Å². The van der Waals surface area contributed by atoms with Crippen molar-refractivity contribution in [3.05, 3.63) is 83.6 Å². The lowest BCUT2D eigenvalue weighted by atomic mass is 9.81. The average molecular weight is 652 g/mol. The number of aromatic nitrogens is 2. The molecule has 1 saturated carbocycles. The second kappa shape index (κ2) is 16.5. The number of hydrogen-bond acceptors (Lipinski definition) is 6. The first-order chi connectivity index (χ1) is 23.3. The molecular weight excluding hydrogens is 602 g/mol. The largest absolute Gasteiger partial charge is 0.351 e. The summed E-state index contributed by atoms with van der Waals surface area (Å²) in [5.41, 5.74) is 11.9. The Balaban J connectivity index is 1.26. The van der Waals surface area contributed by atoms with Gasteiger partial charge in [0.25, 0.3) is 5.91 Å². The van der Waals surface area contributed by atoms with Crippen LogP contribution in [0.3, 0.4) is 0 Å². The van der Waals surface area contributed by atoms with Gasteiger partial charge in [0.15, 0.2) is 0 Å². The zero-order valence-electron chi connectivity index (χ0n) is 28.4. The first kappa shape index (κ1) is 34.8. The minimum Gasteiger partial charge on any atom is -0.351 e. The highest BCUT2D eigenvalue weighted by atomic mass is 16.2. The predicted octanol–water partition coefficient (Wildman–Crippen LogP) is 5.04. The smallest absolute Gasteiger partial charge is 0.251 e. The quantitative estimate of drug-likeness (QED) is 0.129. The topological polar surface area (TPSA) is 145 Å². The maximum Gasteiger partial charge on any atom is 0.251 e. The Kier molecular flexibility index (Phi) is 12.0.